The van der Waals surface area contributed by atoms with Crippen LogP contribution >= 0.6 is 0 Å². The number of amides is 2. The van der Waals surface area contributed by atoms with E-state index in [1.807, 2.05) is 36.9 Å². The van der Waals surface area contributed by atoms with E-state index in [9.17, 15) is 14.0 Å². The summed E-state index contributed by atoms with van der Waals surface area (Å²) in [5.41, 5.74) is 4.97. The topological polar surface area (TPSA) is 84.7 Å². The molecule has 0 fully saturated rings. The van der Waals surface area contributed by atoms with Crippen molar-refractivity contribution in [2.24, 2.45) is 0 Å². The smallest absolute Gasteiger partial charge is 0.277 e. The van der Waals surface area contributed by atoms with Gasteiger partial charge in [0, 0.05) is 18.7 Å². The number of nitrogens with zero attached hydrogens (tertiary/aromatic N) is 2. The maximum Gasteiger partial charge on any atom is 0.277 e. The lowest BCUT2D eigenvalue weighted by Gasteiger charge is -2.38. The number of aryl methyl sites for hydroxylation is 1. The first-order valence-electron chi connectivity index (χ1n) is 12.5. The number of aromatic nitrogens is 1. The standard InChI is InChI=1S/C30H28FN3O4/c1-3-28(35)34-15-14-20-8-13-24(16-25(20)29(34)21-6-4-19(2)5-7-21)37-18-27-33-26(17-38-27)30(36)32-23-11-9-22(31)10-12-23/h4-13,16-17,29H,3,14-15,18H2,1-2H3,(H,32,36)/t29-/m1/s1. The lowest BCUT2D eigenvalue weighted by atomic mass is 9.87. The summed E-state index contributed by atoms with van der Waals surface area (Å²) in [4.78, 5) is 31.4. The van der Waals surface area contributed by atoms with Gasteiger partial charge in [-0.25, -0.2) is 9.37 Å². The Labute approximate surface area is 220 Å². The zero-order chi connectivity index (χ0) is 26.6. The van der Waals surface area contributed by atoms with Crippen molar-refractivity contribution in [1.82, 2.24) is 9.88 Å². The molecule has 1 aromatic heterocycles. The number of hydrogen-bond donors (Lipinski definition) is 1. The van der Waals surface area contributed by atoms with Gasteiger partial charge >= 0.3 is 0 Å². The average molecular weight is 514 g/mol. The van der Waals surface area contributed by atoms with Crippen molar-refractivity contribution in [2.75, 3.05) is 11.9 Å². The minimum absolute atomic E-state index is 0.0232. The molecule has 1 atom stereocenters. The van der Waals surface area contributed by atoms with E-state index in [0.717, 1.165) is 23.1 Å². The molecule has 1 aliphatic heterocycles. The Balaban J connectivity index is 1.32. The number of oxazole rings is 1. The molecule has 0 spiro atoms. The van der Waals surface area contributed by atoms with Crippen molar-refractivity contribution in [1.29, 1.82) is 0 Å². The van der Waals surface area contributed by atoms with Crippen molar-refractivity contribution in [2.45, 2.75) is 39.3 Å². The van der Waals surface area contributed by atoms with Crippen molar-refractivity contribution in [3.8, 4) is 5.75 Å². The van der Waals surface area contributed by atoms with E-state index in [1.165, 1.54) is 36.1 Å². The van der Waals surface area contributed by atoms with Crippen molar-refractivity contribution in [3.05, 3.63) is 113 Å². The van der Waals surface area contributed by atoms with Crippen LogP contribution < -0.4 is 10.1 Å². The summed E-state index contributed by atoms with van der Waals surface area (Å²) in [5.74, 6) is 0.105. The van der Waals surface area contributed by atoms with Crippen molar-refractivity contribution in [3.63, 3.8) is 0 Å². The van der Waals surface area contributed by atoms with E-state index in [1.54, 1.807) is 0 Å². The van der Waals surface area contributed by atoms with Gasteiger partial charge in [0.05, 0.1) is 6.04 Å². The fourth-order valence-electron chi connectivity index (χ4n) is 4.62. The average Bonchev–Trinajstić information content (AvgIpc) is 3.42. The molecule has 1 N–H and O–H groups in total. The number of rotatable bonds is 7. The second kappa shape index (κ2) is 10.9. The maximum absolute atomic E-state index is 13.1. The van der Waals surface area contributed by atoms with E-state index in [0.29, 0.717) is 24.4 Å². The summed E-state index contributed by atoms with van der Waals surface area (Å²) in [6.45, 7) is 4.61. The van der Waals surface area contributed by atoms with Gasteiger partial charge in [-0.1, -0.05) is 42.8 Å². The molecule has 2 amide bonds. The van der Waals surface area contributed by atoms with E-state index < -0.39 is 5.91 Å². The minimum atomic E-state index is -0.470. The molecule has 3 aromatic carbocycles. The fourth-order valence-corrected chi connectivity index (χ4v) is 4.62. The third-order valence-electron chi connectivity index (χ3n) is 6.61. The second-order valence-corrected chi connectivity index (χ2v) is 9.24. The van der Waals surface area contributed by atoms with E-state index in [2.05, 4.69) is 34.6 Å². The van der Waals surface area contributed by atoms with Gasteiger partial charge in [-0.15, -0.1) is 0 Å². The van der Waals surface area contributed by atoms with E-state index in [-0.39, 0.29) is 36.0 Å². The third kappa shape index (κ3) is 5.44. The van der Waals surface area contributed by atoms with Crippen LogP contribution in [0.1, 0.15) is 58.0 Å². The molecule has 0 aliphatic carbocycles. The van der Waals surface area contributed by atoms with Gasteiger partial charge in [-0.2, -0.15) is 0 Å². The summed E-state index contributed by atoms with van der Waals surface area (Å²) < 4.78 is 24.5. The van der Waals surface area contributed by atoms with Gasteiger partial charge in [0.25, 0.3) is 5.91 Å². The highest BCUT2D eigenvalue weighted by Gasteiger charge is 2.31. The molecule has 7 nitrogen and oxygen atoms in total. The van der Waals surface area contributed by atoms with Gasteiger partial charge in [0.1, 0.15) is 17.8 Å². The lowest BCUT2D eigenvalue weighted by molar-refractivity contribution is -0.132. The first kappa shape index (κ1) is 25.2. The SMILES string of the molecule is CCC(=O)N1CCc2ccc(OCc3nc(C(=O)Nc4ccc(F)cc4)co3)cc2[C@H]1c1ccc(C)cc1. The number of carbonyl (C=O) groups excluding carboxylic acids is 2. The Bertz CT molecular complexity index is 1450. The third-order valence-corrected chi connectivity index (χ3v) is 6.61. The summed E-state index contributed by atoms with van der Waals surface area (Å²) in [7, 11) is 0. The van der Waals surface area contributed by atoms with Gasteiger partial charge in [0.2, 0.25) is 11.8 Å². The van der Waals surface area contributed by atoms with Gasteiger partial charge < -0.3 is 19.4 Å². The Hall–Kier alpha value is -4.46. The molecule has 38 heavy (non-hydrogen) atoms. The monoisotopic (exact) mass is 513 g/mol. The van der Waals surface area contributed by atoms with Crippen LogP contribution in [0.2, 0.25) is 0 Å². The summed E-state index contributed by atoms with van der Waals surface area (Å²) in [5, 5.41) is 2.65. The quantitative estimate of drug-likeness (QED) is 0.336. The molecule has 5 rings (SSSR count). The highest BCUT2D eigenvalue weighted by atomic mass is 19.1. The number of carbonyl (C=O) groups is 2. The van der Waals surface area contributed by atoms with Crippen LogP contribution in [-0.4, -0.2) is 28.2 Å². The Morgan fingerprint density at radius 3 is 2.61 bits per heavy atom. The number of nitrogens with one attached hydrogen (secondary N) is 1. The molecule has 1 aliphatic rings. The second-order valence-electron chi connectivity index (χ2n) is 9.24. The molecule has 4 aromatic rings. The summed E-state index contributed by atoms with van der Waals surface area (Å²) in [6.07, 6.45) is 2.47. The fraction of sp³-hybridized carbons (Fsp3) is 0.233. The molecule has 194 valence electrons. The van der Waals surface area contributed by atoms with E-state index >= 15 is 0 Å². The van der Waals surface area contributed by atoms with Crippen LogP contribution in [0.15, 0.2) is 77.4 Å². The number of halogens is 1. The highest BCUT2D eigenvalue weighted by molar-refractivity contribution is 6.02. The van der Waals surface area contributed by atoms with Gasteiger partial charge in [-0.05, 0) is 66.4 Å². The highest BCUT2D eigenvalue weighted by Crippen LogP contribution is 2.37. The van der Waals surface area contributed by atoms with Crippen molar-refractivity contribution < 1.29 is 23.1 Å². The summed E-state index contributed by atoms with van der Waals surface area (Å²) in [6, 6.07) is 19.4. The number of fused-ring (bicyclic) bond motifs is 1. The minimum Gasteiger partial charge on any atom is -0.484 e. The predicted octanol–water partition coefficient (Wildman–Crippen LogP) is 5.84. The number of benzene rings is 3. The first-order valence-corrected chi connectivity index (χ1v) is 12.5. The number of hydrogen-bond acceptors (Lipinski definition) is 5. The Morgan fingerprint density at radius 2 is 1.87 bits per heavy atom. The van der Waals surface area contributed by atoms with Gasteiger partial charge in [-0.3, -0.25) is 9.59 Å². The molecule has 0 unspecified atom stereocenters. The normalized spacial score (nSPS) is 14.6. The Morgan fingerprint density at radius 1 is 1.11 bits per heavy atom. The molecule has 0 saturated carbocycles. The van der Waals surface area contributed by atoms with Gasteiger partial charge in [0.15, 0.2) is 12.3 Å². The first-order chi connectivity index (χ1) is 18.4. The largest absolute Gasteiger partial charge is 0.484 e. The van der Waals surface area contributed by atoms with Crippen molar-refractivity contribution >= 4 is 17.5 Å². The van der Waals surface area contributed by atoms with Crippen LogP contribution in [-0.2, 0) is 17.8 Å². The molecule has 2 heterocycles. The van der Waals surface area contributed by atoms with Crippen LogP contribution in [0.25, 0.3) is 0 Å². The number of ether oxygens (including phenoxy) is 1. The van der Waals surface area contributed by atoms with E-state index in [4.69, 9.17) is 9.15 Å². The molecule has 0 radical (unpaired) electrons. The van der Waals surface area contributed by atoms with Crippen LogP contribution in [0.4, 0.5) is 10.1 Å². The maximum atomic E-state index is 13.1. The zero-order valence-electron chi connectivity index (χ0n) is 21.2. The summed E-state index contributed by atoms with van der Waals surface area (Å²) >= 11 is 0. The predicted molar refractivity (Wildman–Crippen MR) is 140 cm³/mol. The van der Waals surface area contributed by atoms with Crippen LogP contribution in [0.3, 0.4) is 0 Å². The Kier molecular flexibility index (Phi) is 7.22. The van der Waals surface area contributed by atoms with Crippen LogP contribution in [0.5, 0.6) is 5.75 Å². The lowest BCUT2D eigenvalue weighted by Crippen LogP contribution is -2.40. The zero-order valence-corrected chi connectivity index (χ0v) is 21.2. The molecular formula is C30H28FN3O4. The molecule has 8 heteroatoms. The molecule has 0 saturated heterocycles. The molecule has 0 bridgehead atoms. The molecular weight excluding hydrogens is 485 g/mol. The number of anilines is 1. The van der Waals surface area contributed by atoms with Crippen LogP contribution in [0, 0.1) is 12.7 Å².